The summed E-state index contributed by atoms with van der Waals surface area (Å²) >= 11 is 0. The first-order valence-corrected chi connectivity index (χ1v) is 6.09. The zero-order valence-electron chi connectivity index (χ0n) is 10.2. The van der Waals surface area contributed by atoms with Crippen LogP contribution < -0.4 is 11.1 Å². The number of amides is 1. The molecule has 4 nitrogen and oxygen atoms in total. The van der Waals surface area contributed by atoms with Gasteiger partial charge in [-0.25, -0.2) is 0 Å². The van der Waals surface area contributed by atoms with Crippen molar-refractivity contribution in [3.8, 4) is 0 Å². The van der Waals surface area contributed by atoms with Crippen molar-refractivity contribution in [3.05, 3.63) is 24.0 Å². The molecule has 0 aliphatic heterocycles. The minimum Gasteiger partial charge on any atom is -0.326 e. The molecule has 0 aromatic carbocycles. The van der Waals surface area contributed by atoms with Gasteiger partial charge in [-0.15, -0.1) is 0 Å². The number of carbonyl (C=O) groups is 1. The number of aryl methyl sites for hydroxylation is 1. The van der Waals surface area contributed by atoms with Crippen LogP contribution in [0.15, 0.2) is 18.3 Å². The molecule has 0 radical (unpaired) electrons. The molecule has 4 heteroatoms. The second kappa shape index (κ2) is 4.84. The number of hydrogen-bond donors (Lipinski definition) is 2. The molecule has 3 N–H and O–H groups in total. The van der Waals surface area contributed by atoms with Crippen molar-refractivity contribution in [2.75, 3.05) is 5.32 Å². The third-order valence-corrected chi connectivity index (χ3v) is 3.29. The van der Waals surface area contributed by atoms with Crippen molar-refractivity contribution >= 4 is 11.6 Å². The highest BCUT2D eigenvalue weighted by Crippen LogP contribution is 2.30. The van der Waals surface area contributed by atoms with E-state index in [0.29, 0.717) is 6.42 Å². The Morgan fingerprint density at radius 3 is 2.88 bits per heavy atom. The molecule has 0 bridgehead atoms. The molecule has 0 spiro atoms. The van der Waals surface area contributed by atoms with Crippen LogP contribution in [0, 0.1) is 6.92 Å². The highest BCUT2D eigenvalue weighted by atomic mass is 16.1. The normalized spacial score (nSPS) is 18.0. The minimum absolute atomic E-state index is 0.000000000000000444. The molecule has 1 aromatic heterocycles. The van der Waals surface area contributed by atoms with Gasteiger partial charge in [0.15, 0.2) is 0 Å². The number of aromatic nitrogens is 1. The van der Waals surface area contributed by atoms with Crippen molar-refractivity contribution in [3.63, 3.8) is 0 Å². The summed E-state index contributed by atoms with van der Waals surface area (Å²) in [4.78, 5) is 16.0. The fraction of sp³-hybridized carbons (Fsp3) is 0.538. The van der Waals surface area contributed by atoms with Crippen molar-refractivity contribution in [2.24, 2.45) is 5.73 Å². The minimum atomic E-state index is -0.286. The van der Waals surface area contributed by atoms with E-state index >= 15 is 0 Å². The maximum atomic E-state index is 11.9. The van der Waals surface area contributed by atoms with Gasteiger partial charge in [0, 0.05) is 29.5 Å². The average molecular weight is 233 g/mol. The van der Waals surface area contributed by atoms with Gasteiger partial charge in [0.2, 0.25) is 5.91 Å². The molecule has 1 saturated carbocycles. The van der Waals surface area contributed by atoms with E-state index in [9.17, 15) is 4.79 Å². The second-order valence-corrected chi connectivity index (χ2v) is 4.98. The number of nitrogens with two attached hydrogens (primary N) is 1. The smallest absolute Gasteiger partial charge is 0.226 e. The van der Waals surface area contributed by atoms with Crippen LogP contribution >= 0.6 is 0 Å². The predicted molar refractivity (Wildman–Crippen MR) is 67.6 cm³/mol. The lowest BCUT2D eigenvalue weighted by Crippen LogP contribution is -2.40. The monoisotopic (exact) mass is 233 g/mol. The summed E-state index contributed by atoms with van der Waals surface area (Å²) in [5, 5.41) is 2.88. The first-order chi connectivity index (χ1) is 8.07. The van der Waals surface area contributed by atoms with E-state index in [0.717, 1.165) is 37.1 Å². The van der Waals surface area contributed by atoms with Crippen molar-refractivity contribution in [1.29, 1.82) is 0 Å². The summed E-state index contributed by atoms with van der Waals surface area (Å²) in [6.07, 6.45) is 6.29. The number of nitrogens with one attached hydrogen (secondary N) is 1. The van der Waals surface area contributed by atoms with Gasteiger partial charge < -0.3 is 11.1 Å². The molecule has 1 amide bonds. The van der Waals surface area contributed by atoms with Crippen LogP contribution in [0.4, 0.5) is 5.69 Å². The van der Waals surface area contributed by atoms with Gasteiger partial charge in [-0.05, 0) is 31.9 Å². The molecule has 2 rings (SSSR count). The van der Waals surface area contributed by atoms with E-state index in [2.05, 4.69) is 10.3 Å². The van der Waals surface area contributed by atoms with Crippen LogP contribution in [-0.2, 0) is 4.79 Å². The average Bonchev–Trinajstić information content (AvgIpc) is 2.64. The van der Waals surface area contributed by atoms with E-state index in [4.69, 9.17) is 5.73 Å². The number of hydrogen-bond acceptors (Lipinski definition) is 3. The summed E-state index contributed by atoms with van der Waals surface area (Å²) in [5.74, 6) is 0.000000000000000444. The van der Waals surface area contributed by atoms with Gasteiger partial charge in [0.25, 0.3) is 0 Å². The third kappa shape index (κ3) is 3.27. The first kappa shape index (κ1) is 12.0. The lowest BCUT2D eigenvalue weighted by molar-refractivity contribution is -0.117. The number of nitrogens with zero attached hydrogens (tertiary/aromatic N) is 1. The Labute approximate surface area is 102 Å². The SMILES string of the molecule is Cc1cc(NC(=O)CC2(N)CCCC2)ccn1. The van der Waals surface area contributed by atoms with E-state index < -0.39 is 0 Å². The summed E-state index contributed by atoms with van der Waals surface area (Å²) in [6.45, 7) is 1.90. The first-order valence-electron chi connectivity index (χ1n) is 6.09. The van der Waals surface area contributed by atoms with Crippen molar-refractivity contribution in [1.82, 2.24) is 4.98 Å². The third-order valence-electron chi connectivity index (χ3n) is 3.29. The van der Waals surface area contributed by atoms with Gasteiger partial charge in [-0.2, -0.15) is 0 Å². The highest BCUT2D eigenvalue weighted by Gasteiger charge is 2.31. The summed E-state index contributed by atoms with van der Waals surface area (Å²) in [6, 6.07) is 3.65. The molecule has 0 atom stereocenters. The van der Waals surface area contributed by atoms with Crippen LogP contribution in [0.3, 0.4) is 0 Å². The fourth-order valence-corrected chi connectivity index (χ4v) is 2.40. The number of pyridine rings is 1. The molecular formula is C13H19N3O. The summed E-state index contributed by atoms with van der Waals surface area (Å²) in [5.41, 5.74) is 7.57. The Kier molecular flexibility index (Phi) is 3.43. The quantitative estimate of drug-likeness (QED) is 0.839. The molecule has 1 aromatic rings. The van der Waals surface area contributed by atoms with Crippen LogP contribution in [-0.4, -0.2) is 16.4 Å². The Bertz CT molecular complexity index is 411. The van der Waals surface area contributed by atoms with Gasteiger partial charge >= 0.3 is 0 Å². The van der Waals surface area contributed by atoms with Gasteiger partial charge in [-0.1, -0.05) is 12.8 Å². The molecule has 0 unspecified atom stereocenters. The number of carbonyl (C=O) groups excluding carboxylic acids is 1. The maximum absolute atomic E-state index is 11.9. The molecule has 1 heterocycles. The standard InChI is InChI=1S/C13H19N3O/c1-10-8-11(4-7-15-10)16-12(17)9-13(14)5-2-3-6-13/h4,7-8H,2-3,5-6,9,14H2,1H3,(H,15,16,17). The lowest BCUT2D eigenvalue weighted by atomic mass is 9.94. The number of anilines is 1. The van der Waals surface area contributed by atoms with Crippen LogP contribution in [0.1, 0.15) is 37.8 Å². The molecule has 1 fully saturated rings. The van der Waals surface area contributed by atoms with E-state index in [1.165, 1.54) is 0 Å². The van der Waals surface area contributed by atoms with Crippen LogP contribution in [0.2, 0.25) is 0 Å². The van der Waals surface area contributed by atoms with Crippen molar-refractivity contribution < 1.29 is 4.79 Å². The summed E-state index contributed by atoms with van der Waals surface area (Å²) < 4.78 is 0. The molecule has 0 saturated heterocycles. The molecule has 1 aliphatic rings. The Morgan fingerprint density at radius 1 is 1.53 bits per heavy atom. The zero-order chi connectivity index (χ0) is 12.3. The Balaban J connectivity index is 1.93. The van der Waals surface area contributed by atoms with Crippen LogP contribution in [0.5, 0.6) is 0 Å². The van der Waals surface area contributed by atoms with Crippen LogP contribution in [0.25, 0.3) is 0 Å². The maximum Gasteiger partial charge on any atom is 0.226 e. The fourth-order valence-electron chi connectivity index (χ4n) is 2.40. The molecule has 1 aliphatic carbocycles. The molecule has 92 valence electrons. The number of rotatable bonds is 3. The van der Waals surface area contributed by atoms with Gasteiger partial charge in [-0.3, -0.25) is 9.78 Å². The van der Waals surface area contributed by atoms with E-state index in [1.54, 1.807) is 12.3 Å². The van der Waals surface area contributed by atoms with Crippen molar-refractivity contribution in [2.45, 2.75) is 44.6 Å². The Morgan fingerprint density at radius 2 is 2.24 bits per heavy atom. The predicted octanol–water partition coefficient (Wildman–Crippen LogP) is 1.99. The molecular weight excluding hydrogens is 214 g/mol. The second-order valence-electron chi connectivity index (χ2n) is 4.98. The van der Waals surface area contributed by atoms with E-state index in [1.807, 2.05) is 13.0 Å². The zero-order valence-corrected chi connectivity index (χ0v) is 10.2. The van der Waals surface area contributed by atoms with E-state index in [-0.39, 0.29) is 11.4 Å². The Hall–Kier alpha value is -1.42. The topological polar surface area (TPSA) is 68.0 Å². The van der Waals surface area contributed by atoms with Gasteiger partial charge in [0.1, 0.15) is 0 Å². The summed E-state index contributed by atoms with van der Waals surface area (Å²) in [7, 11) is 0. The largest absolute Gasteiger partial charge is 0.326 e. The van der Waals surface area contributed by atoms with Gasteiger partial charge in [0.05, 0.1) is 0 Å². The lowest BCUT2D eigenvalue weighted by Gasteiger charge is -2.22. The molecule has 17 heavy (non-hydrogen) atoms. The highest BCUT2D eigenvalue weighted by molar-refractivity contribution is 5.91.